The predicted octanol–water partition coefficient (Wildman–Crippen LogP) is 3.69. The van der Waals surface area contributed by atoms with E-state index in [1.165, 1.54) is 0 Å². The number of nitrogens with one attached hydrogen (secondary N) is 1. The zero-order valence-electron chi connectivity index (χ0n) is 9.74. The molecule has 1 N–H and O–H groups in total. The minimum absolute atomic E-state index is 0.0670. The molecule has 4 nitrogen and oxygen atoms in total. The normalized spacial score (nSPS) is 12.0. The van der Waals surface area contributed by atoms with E-state index >= 15 is 0 Å². The van der Waals surface area contributed by atoms with Crippen molar-refractivity contribution in [2.45, 2.75) is 6.18 Å². The number of halogens is 4. The van der Waals surface area contributed by atoms with Gasteiger partial charge in [0, 0.05) is 11.8 Å². The van der Waals surface area contributed by atoms with Gasteiger partial charge in [0.1, 0.15) is 5.52 Å². The quantitative estimate of drug-likeness (QED) is 0.745. The molecule has 0 atom stereocenters. The molecule has 0 radical (unpaired) electrons. The molecule has 0 saturated heterocycles. The summed E-state index contributed by atoms with van der Waals surface area (Å²) in [5.74, 6) is 0. The van der Waals surface area contributed by atoms with Gasteiger partial charge >= 0.3 is 6.18 Å². The molecule has 1 aromatic carbocycles. The molecule has 20 heavy (non-hydrogen) atoms. The number of aromatic amines is 1. The lowest BCUT2D eigenvalue weighted by Gasteiger charge is -2.09. The van der Waals surface area contributed by atoms with Crippen molar-refractivity contribution in [3.8, 4) is 11.3 Å². The van der Waals surface area contributed by atoms with Crippen LogP contribution < -0.4 is 0 Å². The summed E-state index contributed by atoms with van der Waals surface area (Å²) in [6, 6.07) is 5.90. The van der Waals surface area contributed by atoms with Crippen LogP contribution in [-0.2, 0) is 6.18 Å². The summed E-state index contributed by atoms with van der Waals surface area (Å²) in [5.41, 5.74) is 1.26. The van der Waals surface area contributed by atoms with Crippen LogP contribution in [0.4, 0.5) is 13.2 Å². The first kappa shape index (κ1) is 12.9. The van der Waals surface area contributed by atoms with E-state index in [4.69, 9.17) is 11.6 Å². The molecule has 0 aliphatic carbocycles. The summed E-state index contributed by atoms with van der Waals surface area (Å²) in [6.45, 7) is 0. The van der Waals surface area contributed by atoms with Crippen molar-refractivity contribution in [1.82, 2.24) is 20.4 Å². The standard InChI is InChI=1S/C12H6ClF3N4/c13-8-4-7(12(14,15)16)5-17-11(8)6-1-2-9-10(3-6)19-20-18-9/h1-5H,(H,18,19,20). The highest BCUT2D eigenvalue weighted by Gasteiger charge is 2.31. The molecule has 0 fully saturated rings. The minimum Gasteiger partial charge on any atom is -0.258 e. The van der Waals surface area contributed by atoms with Gasteiger partial charge in [0.2, 0.25) is 0 Å². The predicted molar refractivity (Wildman–Crippen MR) is 67.1 cm³/mol. The van der Waals surface area contributed by atoms with Crippen LogP contribution in [0.1, 0.15) is 5.56 Å². The number of aromatic nitrogens is 4. The van der Waals surface area contributed by atoms with E-state index in [1.807, 2.05) is 0 Å². The second kappa shape index (κ2) is 4.45. The third-order valence-corrected chi connectivity index (χ3v) is 3.06. The highest BCUT2D eigenvalue weighted by Crippen LogP contribution is 2.34. The lowest BCUT2D eigenvalue weighted by molar-refractivity contribution is -0.137. The molecule has 0 unspecified atom stereocenters. The van der Waals surface area contributed by atoms with E-state index in [2.05, 4.69) is 20.4 Å². The Kier molecular flexibility index (Phi) is 2.86. The minimum atomic E-state index is -4.47. The summed E-state index contributed by atoms with van der Waals surface area (Å²) < 4.78 is 37.6. The second-order valence-electron chi connectivity index (χ2n) is 4.10. The topological polar surface area (TPSA) is 54.5 Å². The molecule has 0 aliphatic heterocycles. The van der Waals surface area contributed by atoms with Crippen molar-refractivity contribution in [2.75, 3.05) is 0 Å². The van der Waals surface area contributed by atoms with Gasteiger partial charge in [0.05, 0.1) is 21.8 Å². The summed E-state index contributed by atoms with van der Waals surface area (Å²) in [6.07, 6.45) is -3.71. The van der Waals surface area contributed by atoms with Gasteiger partial charge in [-0.2, -0.15) is 13.2 Å². The SMILES string of the molecule is FC(F)(F)c1cnc(-c2ccc3[nH]nnc3c2)c(Cl)c1. The molecule has 0 amide bonds. The number of nitrogens with zero attached hydrogens (tertiary/aromatic N) is 3. The van der Waals surface area contributed by atoms with Crippen molar-refractivity contribution in [2.24, 2.45) is 0 Å². The number of alkyl halides is 3. The summed E-state index contributed by atoms with van der Waals surface area (Å²) >= 11 is 5.89. The van der Waals surface area contributed by atoms with E-state index in [0.29, 0.717) is 11.1 Å². The Bertz CT molecular complexity index is 782. The zero-order valence-corrected chi connectivity index (χ0v) is 10.5. The van der Waals surface area contributed by atoms with E-state index in [0.717, 1.165) is 17.8 Å². The van der Waals surface area contributed by atoms with Crippen molar-refractivity contribution >= 4 is 22.6 Å². The van der Waals surface area contributed by atoms with Gasteiger partial charge in [0.25, 0.3) is 0 Å². The molecular weight excluding hydrogens is 293 g/mol. The summed E-state index contributed by atoms with van der Waals surface area (Å²) in [4.78, 5) is 3.80. The lowest BCUT2D eigenvalue weighted by Crippen LogP contribution is -2.05. The van der Waals surface area contributed by atoms with Gasteiger partial charge in [-0.15, -0.1) is 5.10 Å². The first-order chi connectivity index (χ1) is 9.45. The Morgan fingerprint density at radius 1 is 1.15 bits per heavy atom. The van der Waals surface area contributed by atoms with Gasteiger partial charge in [0.15, 0.2) is 0 Å². The maximum Gasteiger partial charge on any atom is 0.417 e. The Balaban J connectivity index is 2.09. The number of hydrogen-bond donors (Lipinski definition) is 1. The number of H-pyrrole nitrogens is 1. The van der Waals surface area contributed by atoms with Crippen LogP contribution in [0.25, 0.3) is 22.3 Å². The average molecular weight is 299 g/mol. The Morgan fingerprint density at radius 3 is 2.65 bits per heavy atom. The fourth-order valence-electron chi connectivity index (χ4n) is 1.79. The van der Waals surface area contributed by atoms with Crippen molar-refractivity contribution in [3.63, 3.8) is 0 Å². The maximum absolute atomic E-state index is 12.5. The lowest BCUT2D eigenvalue weighted by atomic mass is 10.1. The molecule has 0 aliphatic rings. The molecule has 0 saturated carbocycles. The molecule has 3 rings (SSSR count). The van der Waals surface area contributed by atoms with Crippen LogP contribution in [-0.4, -0.2) is 20.4 Å². The number of rotatable bonds is 1. The Hall–Kier alpha value is -2.15. The van der Waals surface area contributed by atoms with E-state index in [1.54, 1.807) is 18.2 Å². The number of pyridine rings is 1. The van der Waals surface area contributed by atoms with E-state index in [-0.39, 0.29) is 10.7 Å². The van der Waals surface area contributed by atoms with Crippen molar-refractivity contribution in [1.29, 1.82) is 0 Å². The van der Waals surface area contributed by atoms with Gasteiger partial charge in [-0.25, -0.2) is 0 Å². The average Bonchev–Trinajstić information content (AvgIpc) is 2.84. The molecular formula is C12H6ClF3N4. The van der Waals surface area contributed by atoms with Crippen molar-refractivity contribution in [3.05, 3.63) is 41.0 Å². The summed E-state index contributed by atoms with van der Waals surface area (Å²) in [7, 11) is 0. The van der Waals surface area contributed by atoms with Gasteiger partial charge in [-0.3, -0.25) is 10.1 Å². The van der Waals surface area contributed by atoms with Gasteiger partial charge in [-0.05, 0) is 18.2 Å². The van der Waals surface area contributed by atoms with Crippen LogP contribution in [0, 0.1) is 0 Å². The first-order valence-corrected chi connectivity index (χ1v) is 5.87. The first-order valence-electron chi connectivity index (χ1n) is 5.49. The van der Waals surface area contributed by atoms with Crippen molar-refractivity contribution < 1.29 is 13.2 Å². The Labute approximate surface area is 115 Å². The fraction of sp³-hybridized carbons (Fsp3) is 0.0833. The highest BCUT2D eigenvalue weighted by atomic mass is 35.5. The molecule has 102 valence electrons. The molecule has 2 aromatic heterocycles. The monoisotopic (exact) mass is 298 g/mol. The number of hydrogen-bond acceptors (Lipinski definition) is 3. The molecule has 0 bridgehead atoms. The van der Waals surface area contributed by atoms with Gasteiger partial charge < -0.3 is 0 Å². The van der Waals surface area contributed by atoms with Gasteiger partial charge in [-0.1, -0.05) is 22.9 Å². The fourth-order valence-corrected chi connectivity index (χ4v) is 2.07. The highest BCUT2D eigenvalue weighted by molar-refractivity contribution is 6.33. The van der Waals surface area contributed by atoms with Crippen LogP contribution in [0.3, 0.4) is 0 Å². The third kappa shape index (κ3) is 2.20. The molecule has 2 heterocycles. The molecule has 3 aromatic rings. The largest absolute Gasteiger partial charge is 0.417 e. The van der Waals surface area contributed by atoms with Crippen LogP contribution in [0.15, 0.2) is 30.5 Å². The smallest absolute Gasteiger partial charge is 0.258 e. The number of benzene rings is 1. The maximum atomic E-state index is 12.5. The Morgan fingerprint density at radius 2 is 1.95 bits per heavy atom. The summed E-state index contributed by atoms with van der Waals surface area (Å²) in [5, 5.41) is 10.1. The van der Waals surface area contributed by atoms with Crippen LogP contribution in [0.5, 0.6) is 0 Å². The third-order valence-electron chi connectivity index (χ3n) is 2.77. The van der Waals surface area contributed by atoms with E-state index in [9.17, 15) is 13.2 Å². The number of fused-ring (bicyclic) bond motifs is 1. The van der Waals surface area contributed by atoms with E-state index < -0.39 is 11.7 Å². The zero-order chi connectivity index (χ0) is 14.3. The molecule has 0 spiro atoms. The van der Waals surface area contributed by atoms with Crippen LogP contribution in [0.2, 0.25) is 5.02 Å². The van der Waals surface area contributed by atoms with Crippen LogP contribution >= 0.6 is 11.6 Å². The second-order valence-corrected chi connectivity index (χ2v) is 4.50. The molecule has 8 heteroatoms.